The first kappa shape index (κ1) is 18.2. The normalized spacial score (nSPS) is 18.8. The van der Waals surface area contributed by atoms with Crippen molar-refractivity contribution >= 4 is 29.1 Å². The van der Waals surface area contributed by atoms with E-state index in [0.717, 1.165) is 27.4 Å². The summed E-state index contributed by atoms with van der Waals surface area (Å²) >= 11 is 0. The molecule has 6 heteroatoms. The van der Waals surface area contributed by atoms with Crippen molar-refractivity contribution in [3.8, 4) is 11.5 Å². The van der Waals surface area contributed by atoms with E-state index in [9.17, 15) is 4.79 Å². The number of hydrogen-bond acceptors (Lipinski definition) is 4. The van der Waals surface area contributed by atoms with Crippen LogP contribution in [0.3, 0.4) is 0 Å². The van der Waals surface area contributed by atoms with Gasteiger partial charge in [0, 0.05) is 22.3 Å². The number of nitrogens with zero attached hydrogens (tertiary/aromatic N) is 1. The second-order valence-electron chi connectivity index (χ2n) is 6.98. The first-order valence-electron chi connectivity index (χ1n) is 9.61. The number of carbonyl (C=O) groups excluding carboxylic acids is 1. The molecule has 0 aliphatic carbocycles. The van der Waals surface area contributed by atoms with Gasteiger partial charge in [0.1, 0.15) is 17.6 Å². The van der Waals surface area contributed by atoms with E-state index in [0.29, 0.717) is 19.6 Å². The average molecular weight is 405 g/mol. The third-order valence-electron chi connectivity index (χ3n) is 5.16. The second kappa shape index (κ2) is 7.51. The Labute approximate surface area is 169 Å². The molecule has 0 bridgehead atoms. The molecule has 0 saturated carbocycles. The van der Waals surface area contributed by atoms with Crippen LogP contribution in [0.2, 0.25) is 0 Å². The number of amides is 1. The molecule has 2 aliphatic rings. The fourth-order valence-electron chi connectivity index (χ4n) is 3.85. The predicted molar refractivity (Wildman–Crippen MR) is 113 cm³/mol. The molecule has 2 heterocycles. The Bertz CT molecular complexity index is 1060. The van der Waals surface area contributed by atoms with E-state index < -0.39 is 13.1 Å². The van der Waals surface area contributed by atoms with Gasteiger partial charge in [0.05, 0.1) is 20.3 Å². The fourth-order valence-corrected chi connectivity index (χ4v) is 7.38. The highest BCUT2D eigenvalue weighted by Crippen LogP contribution is 2.54. The molecule has 0 radical (unpaired) electrons. The first-order chi connectivity index (χ1) is 14.3. The number of fused-ring (bicyclic) bond motifs is 2. The summed E-state index contributed by atoms with van der Waals surface area (Å²) in [5.74, 6) is 1.45. The monoisotopic (exact) mass is 405 g/mol. The second-order valence-corrected chi connectivity index (χ2v) is 9.93. The minimum absolute atomic E-state index is 0.242. The zero-order valence-electron chi connectivity index (χ0n) is 15.7. The van der Waals surface area contributed by atoms with Crippen molar-refractivity contribution < 1.29 is 19.0 Å². The van der Waals surface area contributed by atoms with Crippen LogP contribution < -0.4 is 20.7 Å². The van der Waals surface area contributed by atoms with Crippen LogP contribution in [-0.2, 0) is 9.47 Å². The van der Waals surface area contributed by atoms with Crippen molar-refractivity contribution in [3.05, 3.63) is 78.9 Å². The van der Waals surface area contributed by atoms with E-state index in [1.165, 1.54) is 0 Å². The number of benzene rings is 3. The predicted octanol–water partition coefficient (Wildman–Crippen LogP) is 4.20. The highest BCUT2D eigenvalue weighted by Gasteiger charge is 2.38. The molecule has 2 aliphatic heterocycles. The van der Waals surface area contributed by atoms with Gasteiger partial charge in [-0.05, 0) is 24.3 Å². The summed E-state index contributed by atoms with van der Waals surface area (Å²) in [6.45, 7) is 1.03. The molecule has 1 unspecified atom stereocenters. The van der Waals surface area contributed by atoms with Crippen molar-refractivity contribution in [2.75, 3.05) is 13.2 Å². The summed E-state index contributed by atoms with van der Waals surface area (Å²) in [5, 5.41) is 2.83. The van der Waals surface area contributed by atoms with Gasteiger partial charge >= 0.3 is 6.09 Å². The molecule has 0 spiro atoms. The highest BCUT2D eigenvalue weighted by molar-refractivity contribution is 7.88. The zero-order valence-corrected chi connectivity index (χ0v) is 16.6. The summed E-state index contributed by atoms with van der Waals surface area (Å²) in [6.07, 6.45) is -0.0910. The van der Waals surface area contributed by atoms with Crippen LogP contribution in [0.4, 0.5) is 4.79 Å². The van der Waals surface area contributed by atoms with Crippen molar-refractivity contribution in [1.29, 1.82) is 0 Å². The molecule has 0 N–H and O–H groups in total. The standard InChI is InChI=1S/C23H20NO4P/c25-23(27-17-14-15-26-16-17)24-29(18-8-2-1-3-9-18)21-12-6-4-10-19(21)28-20-11-5-7-13-22(20)29/h1-13,17H,14-16H2. The van der Waals surface area contributed by atoms with Crippen LogP contribution in [0.15, 0.2) is 83.6 Å². The van der Waals surface area contributed by atoms with E-state index in [2.05, 4.69) is 0 Å². The first-order valence-corrected chi connectivity index (χ1v) is 11.3. The Balaban J connectivity index is 1.77. The molecule has 1 amide bonds. The lowest BCUT2D eigenvalue weighted by atomic mass is 10.3. The minimum atomic E-state index is -2.65. The number of carbonyl (C=O) groups is 1. The zero-order chi connectivity index (χ0) is 19.7. The Morgan fingerprint density at radius 3 is 2.14 bits per heavy atom. The van der Waals surface area contributed by atoms with Crippen molar-refractivity contribution in [3.63, 3.8) is 0 Å². The van der Waals surface area contributed by atoms with Crippen molar-refractivity contribution in [1.82, 2.24) is 0 Å². The molecule has 1 atom stereocenters. The summed E-state index contributed by atoms with van der Waals surface area (Å²) in [5.41, 5.74) is 0. The Morgan fingerprint density at radius 1 is 0.897 bits per heavy atom. The van der Waals surface area contributed by atoms with Gasteiger partial charge in [0.15, 0.2) is 0 Å². The Hall–Kier alpha value is -2.88. The lowest BCUT2D eigenvalue weighted by Gasteiger charge is -2.33. The van der Waals surface area contributed by atoms with Crippen molar-refractivity contribution in [2.45, 2.75) is 12.5 Å². The topological polar surface area (TPSA) is 57.1 Å². The van der Waals surface area contributed by atoms with Gasteiger partial charge in [-0.25, -0.2) is 4.79 Å². The molecule has 3 aromatic carbocycles. The van der Waals surface area contributed by atoms with E-state index in [4.69, 9.17) is 19.0 Å². The SMILES string of the molecule is O=C(N=P1(c2ccccc2)c2ccccc2Oc2ccccc21)OC1CCOC1. The average Bonchev–Trinajstić information content (AvgIpc) is 3.27. The largest absolute Gasteiger partial charge is 0.456 e. The quantitative estimate of drug-likeness (QED) is 0.469. The van der Waals surface area contributed by atoms with Gasteiger partial charge in [-0.3, -0.25) is 0 Å². The Morgan fingerprint density at radius 2 is 1.52 bits per heavy atom. The molecule has 29 heavy (non-hydrogen) atoms. The molecule has 1 saturated heterocycles. The molecule has 1 fully saturated rings. The smallest absolute Gasteiger partial charge is 0.433 e. The van der Waals surface area contributed by atoms with Gasteiger partial charge in [0.2, 0.25) is 0 Å². The van der Waals surface area contributed by atoms with Crippen LogP contribution in [0.1, 0.15) is 6.42 Å². The fraction of sp³-hybridized carbons (Fsp3) is 0.174. The van der Waals surface area contributed by atoms with Crippen LogP contribution in [0, 0.1) is 0 Å². The molecular weight excluding hydrogens is 385 g/mol. The molecule has 5 rings (SSSR count). The number of ether oxygens (including phenoxy) is 3. The summed E-state index contributed by atoms with van der Waals surface area (Å²) in [6, 6.07) is 25.6. The molecular formula is C23H20NO4P. The highest BCUT2D eigenvalue weighted by atomic mass is 31.2. The van der Waals surface area contributed by atoms with Gasteiger partial charge in [-0.2, -0.15) is 4.74 Å². The van der Waals surface area contributed by atoms with E-state index in [-0.39, 0.29) is 6.10 Å². The lowest BCUT2D eigenvalue weighted by molar-refractivity contribution is 0.0906. The summed E-state index contributed by atoms with van der Waals surface area (Å²) in [4.78, 5) is 13.0. The van der Waals surface area contributed by atoms with E-state index in [1.54, 1.807) is 0 Å². The van der Waals surface area contributed by atoms with Crippen LogP contribution >= 0.6 is 7.05 Å². The van der Waals surface area contributed by atoms with Gasteiger partial charge in [0.25, 0.3) is 0 Å². The van der Waals surface area contributed by atoms with Gasteiger partial charge in [-0.15, -0.1) is 0 Å². The number of hydrogen-bond donors (Lipinski definition) is 0. The van der Waals surface area contributed by atoms with E-state index >= 15 is 0 Å². The van der Waals surface area contributed by atoms with Crippen LogP contribution in [-0.4, -0.2) is 25.4 Å². The molecule has 5 nitrogen and oxygen atoms in total. The maximum atomic E-state index is 13.0. The maximum Gasteiger partial charge on any atom is 0.433 e. The molecule has 3 aromatic rings. The molecule has 0 aromatic heterocycles. The number of para-hydroxylation sites is 2. The van der Waals surface area contributed by atoms with Crippen molar-refractivity contribution in [2.24, 2.45) is 4.74 Å². The lowest BCUT2D eigenvalue weighted by Crippen LogP contribution is -2.31. The molecule has 146 valence electrons. The summed E-state index contributed by atoms with van der Waals surface area (Å²) in [7, 11) is -2.65. The maximum absolute atomic E-state index is 13.0. The minimum Gasteiger partial charge on any atom is -0.456 e. The third kappa shape index (κ3) is 3.17. The van der Waals surface area contributed by atoms with Gasteiger partial charge in [-0.1, -0.05) is 54.6 Å². The van der Waals surface area contributed by atoms with Crippen LogP contribution in [0.25, 0.3) is 0 Å². The third-order valence-corrected chi connectivity index (χ3v) is 8.81. The van der Waals surface area contributed by atoms with E-state index in [1.807, 2.05) is 78.9 Å². The van der Waals surface area contributed by atoms with Gasteiger partial charge < -0.3 is 14.2 Å². The Kier molecular flexibility index (Phi) is 4.70. The number of rotatable bonds is 2. The summed E-state index contributed by atoms with van der Waals surface area (Å²) < 4.78 is 22.0. The van der Waals surface area contributed by atoms with Crippen LogP contribution in [0.5, 0.6) is 11.5 Å².